The SMILES string of the molecule is COc1cc(-n2c(C(C)C)c([C@H]3C[C@H](C(=O)O)C3)c3cc4[nH]ncc4cc32)ccc1F. The predicted octanol–water partition coefficient (Wildman–Crippen LogP) is 5.36. The van der Waals surface area contributed by atoms with Crippen molar-refractivity contribution in [3.63, 3.8) is 0 Å². The molecule has 2 heterocycles. The van der Waals surface area contributed by atoms with Crippen molar-refractivity contribution in [3.8, 4) is 11.4 Å². The molecule has 1 aliphatic rings. The minimum atomic E-state index is -0.731. The zero-order valence-corrected chi connectivity index (χ0v) is 17.6. The molecule has 2 aromatic carbocycles. The monoisotopic (exact) mass is 421 g/mol. The number of hydrogen-bond donors (Lipinski definition) is 2. The van der Waals surface area contributed by atoms with Crippen LogP contribution in [0.1, 0.15) is 49.8 Å². The number of carboxylic acid groups (broad SMARTS) is 1. The van der Waals surface area contributed by atoms with Gasteiger partial charge in [0, 0.05) is 28.2 Å². The van der Waals surface area contributed by atoms with E-state index in [1.54, 1.807) is 18.3 Å². The lowest BCUT2D eigenvalue weighted by molar-refractivity contribution is -0.145. The second kappa shape index (κ2) is 7.11. The number of aromatic amines is 1. The number of hydrogen-bond acceptors (Lipinski definition) is 3. The van der Waals surface area contributed by atoms with Gasteiger partial charge in [0.25, 0.3) is 0 Å². The molecular weight excluding hydrogens is 397 g/mol. The summed E-state index contributed by atoms with van der Waals surface area (Å²) < 4.78 is 21.5. The molecule has 0 radical (unpaired) electrons. The first kappa shape index (κ1) is 19.6. The van der Waals surface area contributed by atoms with Gasteiger partial charge in [-0.2, -0.15) is 5.10 Å². The van der Waals surface area contributed by atoms with Crippen LogP contribution in [0.3, 0.4) is 0 Å². The van der Waals surface area contributed by atoms with E-state index in [4.69, 9.17) is 4.74 Å². The number of carboxylic acids is 1. The van der Waals surface area contributed by atoms with Gasteiger partial charge in [-0.05, 0) is 54.5 Å². The molecule has 7 heteroatoms. The Bertz CT molecular complexity index is 1310. The van der Waals surface area contributed by atoms with Gasteiger partial charge < -0.3 is 14.4 Å². The van der Waals surface area contributed by atoms with Crippen molar-refractivity contribution in [3.05, 3.63) is 53.6 Å². The van der Waals surface area contributed by atoms with Crippen LogP contribution < -0.4 is 4.74 Å². The smallest absolute Gasteiger partial charge is 0.306 e. The van der Waals surface area contributed by atoms with Crippen LogP contribution in [-0.2, 0) is 4.79 Å². The molecule has 0 unspecified atom stereocenters. The summed E-state index contributed by atoms with van der Waals surface area (Å²) in [5, 5.41) is 18.7. The molecule has 160 valence electrons. The van der Waals surface area contributed by atoms with Gasteiger partial charge in [-0.25, -0.2) is 4.39 Å². The van der Waals surface area contributed by atoms with E-state index in [9.17, 15) is 14.3 Å². The fourth-order valence-corrected chi connectivity index (χ4v) is 4.89. The van der Waals surface area contributed by atoms with Crippen LogP contribution in [-0.4, -0.2) is 33.0 Å². The highest BCUT2D eigenvalue weighted by Crippen LogP contribution is 2.49. The zero-order valence-electron chi connectivity index (χ0n) is 17.6. The van der Waals surface area contributed by atoms with Gasteiger partial charge in [0.05, 0.1) is 30.3 Å². The van der Waals surface area contributed by atoms with Crippen LogP contribution >= 0.6 is 0 Å². The Hall–Kier alpha value is -3.35. The molecule has 2 aromatic heterocycles. The van der Waals surface area contributed by atoms with E-state index in [2.05, 4.69) is 40.7 Å². The molecule has 1 saturated carbocycles. The predicted molar refractivity (Wildman–Crippen MR) is 117 cm³/mol. The molecule has 0 bridgehead atoms. The van der Waals surface area contributed by atoms with Gasteiger partial charge in [-0.1, -0.05) is 13.8 Å². The normalized spacial score (nSPS) is 18.6. The van der Waals surface area contributed by atoms with E-state index in [1.807, 2.05) is 0 Å². The Morgan fingerprint density at radius 3 is 2.74 bits per heavy atom. The first-order chi connectivity index (χ1) is 14.9. The number of H-pyrrole nitrogens is 1. The van der Waals surface area contributed by atoms with E-state index >= 15 is 0 Å². The fraction of sp³-hybridized carbons (Fsp3) is 0.333. The average Bonchev–Trinajstić information content (AvgIpc) is 3.27. The van der Waals surface area contributed by atoms with Crippen LogP contribution in [0.4, 0.5) is 4.39 Å². The number of methoxy groups -OCH3 is 1. The van der Waals surface area contributed by atoms with Crippen molar-refractivity contribution in [2.45, 2.75) is 38.5 Å². The Morgan fingerprint density at radius 2 is 2.06 bits per heavy atom. The van der Waals surface area contributed by atoms with Crippen molar-refractivity contribution in [1.29, 1.82) is 0 Å². The lowest BCUT2D eigenvalue weighted by atomic mass is 9.70. The summed E-state index contributed by atoms with van der Waals surface area (Å²) in [7, 11) is 1.46. The Morgan fingerprint density at radius 1 is 1.29 bits per heavy atom. The Balaban J connectivity index is 1.81. The standard InChI is InChI=1S/C24H24FN3O3/c1-12(2)23-22(13-6-14(7-13)24(29)30)17-10-19-15(11-26-27-19)8-20(17)28(23)16-4-5-18(25)21(9-16)31-3/h4-5,8-14H,6-7H2,1-3H3,(H,26,27)(H,29,30)/t13-,14-. The fourth-order valence-electron chi connectivity index (χ4n) is 4.89. The minimum absolute atomic E-state index is 0.171. The maximum atomic E-state index is 14.1. The summed E-state index contributed by atoms with van der Waals surface area (Å²) in [5.41, 5.74) is 5.06. The van der Waals surface area contributed by atoms with Gasteiger partial charge >= 0.3 is 5.97 Å². The largest absolute Gasteiger partial charge is 0.494 e. The molecule has 1 fully saturated rings. The molecule has 0 atom stereocenters. The van der Waals surface area contributed by atoms with Gasteiger partial charge in [0.1, 0.15) is 0 Å². The van der Waals surface area contributed by atoms with E-state index in [-0.39, 0.29) is 23.5 Å². The highest BCUT2D eigenvalue weighted by molar-refractivity contribution is 5.99. The maximum absolute atomic E-state index is 14.1. The maximum Gasteiger partial charge on any atom is 0.306 e. The highest BCUT2D eigenvalue weighted by Gasteiger charge is 2.39. The van der Waals surface area contributed by atoms with E-state index in [0.29, 0.717) is 12.8 Å². The summed E-state index contributed by atoms with van der Waals surface area (Å²) in [5.74, 6) is -0.900. The molecule has 2 N–H and O–H groups in total. The molecule has 5 rings (SSSR count). The third kappa shape index (κ3) is 2.99. The number of nitrogens with one attached hydrogen (secondary N) is 1. The highest BCUT2D eigenvalue weighted by atomic mass is 19.1. The molecule has 4 aromatic rings. The van der Waals surface area contributed by atoms with Gasteiger partial charge in [-0.3, -0.25) is 9.89 Å². The first-order valence-electron chi connectivity index (χ1n) is 10.5. The van der Waals surface area contributed by atoms with Gasteiger partial charge in [-0.15, -0.1) is 0 Å². The Labute approximate surface area is 178 Å². The van der Waals surface area contributed by atoms with Crippen molar-refractivity contribution in [2.75, 3.05) is 7.11 Å². The van der Waals surface area contributed by atoms with E-state index in [0.717, 1.165) is 33.2 Å². The lowest BCUT2D eigenvalue weighted by Gasteiger charge is -2.34. The number of fused-ring (bicyclic) bond motifs is 2. The number of benzene rings is 2. The Kier molecular flexibility index (Phi) is 4.50. The molecule has 0 amide bonds. The minimum Gasteiger partial charge on any atom is -0.494 e. The number of carbonyl (C=O) groups is 1. The van der Waals surface area contributed by atoms with Crippen LogP contribution in [0.5, 0.6) is 5.75 Å². The molecule has 1 aliphatic carbocycles. The van der Waals surface area contributed by atoms with Crippen LogP contribution in [0.25, 0.3) is 27.5 Å². The molecule has 0 spiro atoms. The average molecular weight is 421 g/mol. The summed E-state index contributed by atoms with van der Waals surface area (Å²) >= 11 is 0. The molecule has 6 nitrogen and oxygen atoms in total. The van der Waals surface area contributed by atoms with Crippen molar-refractivity contribution in [1.82, 2.24) is 14.8 Å². The molecule has 31 heavy (non-hydrogen) atoms. The van der Waals surface area contributed by atoms with E-state index < -0.39 is 11.8 Å². The quantitative estimate of drug-likeness (QED) is 0.455. The summed E-state index contributed by atoms with van der Waals surface area (Å²) in [6, 6.07) is 9.08. The third-order valence-corrected chi connectivity index (χ3v) is 6.44. The van der Waals surface area contributed by atoms with Crippen LogP contribution in [0, 0.1) is 11.7 Å². The number of rotatable bonds is 5. The lowest BCUT2D eigenvalue weighted by Crippen LogP contribution is -2.29. The second-order valence-corrected chi connectivity index (χ2v) is 8.64. The third-order valence-electron chi connectivity index (χ3n) is 6.44. The number of halogens is 1. The number of aromatic nitrogens is 3. The van der Waals surface area contributed by atoms with Crippen LogP contribution in [0.2, 0.25) is 0 Å². The van der Waals surface area contributed by atoms with Gasteiger partial charge in [0.2, 0.25) is 0 Å². The number of aliphatic carboxylic acids is 1. The molecular formula is C24H24FN3O3. The number of ether oxygens (including phenoxy) is 1. The van der Waals surface area contributed by atoms with E-state index in [1.165, 1.54) is 18.7 Å². The molecule has 0 saturated heterocycles. The second-order valence-electron chi connectivity index (χ2n) is 8.64. The topological polar surface area (TPSA) is 80.1 Å². The first-order valence-corrected chi connectivity index (χ1v) is 10.5. The number of nitrogens with zero attached hydrogens (tertiary/aromatic N) is 2. The zero-order chi connectivity index (χ0) is 21.9. The summed E-state index contributed by atoms with van der Waals surface area (Å²) in [6.07, 6.45) is 3.04. The summed E-state index contributed by atoms with van der Waals surface area (Å²) in [6.45, 7) is 4.27. The van der Waals surface area contributed by atoms with Crippen LogP contribution in [0.15, 0.2) is 36.5 Å². The van der Waals surface area contributed by atoms with Gasteiger partial charge in [0.15, 0.2) is 11.6 Å². The van der Waals surface area contributed by atoms with Crippen molar-refractivity contribution < 1.29 is 19.0 Å². The van der Waals surface area contributed by atoms with Crippen molar-refractivity contribution >= 4 is 27.8 Å². The van der Waals surface area contributed by atoms with Crippen molar-refractivity contribution in [2.24, 2.45) is 5.92 Å². The molecule has 0 aliphatic heterocycles. The summed E-state index contributed by atoms with van der Waals surface area (Å²) in [4.78, 5) is 11.4.